The van der Waals surface area contributed by atoms with Crippen molar-refractivity contribution in [2.45, 2.75) is 25.3 Å². The molecule has 0 aromatic heterocycles. The summed E-state index contributed by atoms with van der Waals surface area (Å²) in [5.41, 5.74) is 0.547. The number of aromatic hydroxyl groups is 1. The number of amides is 1. The molecule has 35 heavy (non-hydrogen) atoms. The number of phenolic OH excluding ortho intramolecular Hbond substituents is 1. The zero-order valence-corrected chi connectivity index (χ0v) is 22.3. The number of phenols is 1. The molecule has 0 aliphatic carbocycles. The molecule has 2 rings (SSSR count). The average molecular weight is 565 g/mol. The molecule has 0 bridgehead atoms. The SMILES string of the molecule is CP(=O)(CCc1cc(Cl)c(C(=O)N[C@@H](CCCNS(C)(=O)=O)C(=O)O)c(Cl)c1)c1cccc(O)c1. The number of benzene rings is 2. The van der Waals surface area contributed by atoms with Gasteiger partial charge < -0.3 is 20.1 Å². The number of carbonyl (C=O) groups is 2. The summed E-state index contributed by atoms with van der Waals surface area (Å²) in [5, 5.41) is 22.0. The minimum Gasteiger partial charge on any atom is -0.508 e. The summed E-state index contributed by atoms with van der Waals surface area (Å²) in [6, 6.07) is 8.01. The third-order valence-corrected chi connectivity index (χ3v) is 8.94. The minimum absolute atomic E-state index is 0.0103. The molecule has 192 valence electrons. The summed E-state index contributed by atoms with van der Waals surface area (Å²) < 4.78 is 37.6. The lowest BCUT2D eigenvalue weighted by molar-refractivity contribution is -0.139. The van der Waals surface area contributed by atoms with E-state index in [0.29, 0.717) is 17.3 Å². The molecule has 0 saturated carbocycles. The second kappa shape index (κ2) is 12.2. The van der Waals surface area contributed by atoms with Crippen LogP contribution in [-0.2, 0) is 25.8 Å². The van der Waals surface area contributed by atoms with Crippen LogP contribution in [0, 0.1) is 0 Å². The Bertz CT molecular complexity index is 1230. The van der Waals surface area contributed by atoms with Crippen LogP contribution in [0.4, 0.5) is 0 Å². The van der Waals surface area contributed by atoms with Crippen LogP contribution in [0.5, 0.6) is 5.75 Å². The van der Waals surface area contributed by atoms with Crippen LogP contribution in [0.15, 0.2) is 36.4 Å². The van der Waals surface area contributed by atoms with E-state index in [1.54, 1.807) is 18.8 Å². The van der Waals surface area contributed by atoms with Gasteiger partial charge in [0.15, 0.2) is 0 Å². The van der Waals surface area contributed by atoms with E-state index in [4.69, 9.17) is 23.2 Å². The van der Waals surface area contributed by atoms with Crippen LogP contribution in [0.25, 0.3) is 0 Å². The number of sulfonamides is 1. The summed E-state index contributed by atoms with van der Waals surface area (Å²) >= 11 is 12.6. The number of aliphatic carboxylic acids is 1. The van der Waals surface area contributed by atoms with E-state index in [2.05, 4.69) is 10.0 Å². The average Bonchev–Trinajstić information content (AvgIpc) is 2.73. The van der Waals surface area contributed by atoms with Gasteiger partial charge in [0.2, 0.25) is 10.0 Å². The lowest BCUT2D eigenvalue weighted by Gasteiger charge is -2.17. The number of nitrogens with one attached hydrogen (secondary N) is 2. The Morgan fingerprint density at radius 3 is 2.31 bits per heavy atom. The van der Waals surface area contributed by atoms with Crippen LogP contribution in [0.2, 0.25) is 10.0 Å². The van der Waals surface area contributed by atoms with Crippen molar-refractivity contribution >= 4 is 57.5 Å². The van der Waals surface area contributed by atoms with Gasteiger partial charge in [0.25, 0.3) is 5.91 Å². The van der Waals surface area contributed by atoms with Gasteiger partial charge >= 0.3 is 5.97 Å². The van der Waals surface area contributed by atoms with Gasteiger partial charge in [-0.1, -0.05) is 35.3 Å². The molecule has 0 aliphatic rings. The van der Waals surface area contributed by atoms with Crippen molar-refractivity contribution in [3.8, 4) is 5.75 Å². The summed E-state index contributed by atoms with van der Waals surface area (Å²) in [7, 11) is -6.19. The summed E-state index contributed by atoms with van der Waals surface area (Å²) in [5.74, 6) is -2.04. The van der Waals surface area contributed by atoms with E-state index in [0.717, 1.165) is 6.26 Å². The molecule has 2 atom stereocenters. The van der Waals surface area contributed by atoms with E-state index in [1.807, 2.05) is 0 Å². The fourth-order valence-electron chi connectivity index (χ4n) is 3.30. The molecule has 0 fully saturated rings. The molecule has 1 amide bonds. The Balaban J connectivity index is 2.08. The fourth-order valence-corrected chi connectivity index (χ4v) is 6.27. The number of carboxylic acid groups (broad SMARTS) is 1. The number of carbonyl (C=O) groups excluding carboxylic acids is 1. The van der Waals surface area contributed by atoms with Gasteiger partial charge in [-0.3, -0.25) is 4.79 Å². The highest BCUT2D eigenvalue weighted by Gasteiger charge is 2.24. The molecule has 2 aromatic carbocycles. The number of carboxylic acids is 1. The quantitative estimate of drug-likeness (QED) is 0.228. The van der Waals surface area contributed by atoms with E-state index >= 15 is 0 Å². The molecule has 4 N–H and O–H groups in total. The minimum atomic E-state index is -3.40. The maximum atomic E-state index is 13.1. The maximum absolute atomic E-state index is 13.1. The Hall–Kier alpha value is -2.10. The van der Waals surface area contributed by atoms with Gasteiger partial charge in [0, 0.05) is 18.0 Å². The molecule has 0 spiro atoms. The normalized spacial score (nSPS) is 14.2. The van der Waals surface area contributed by atoms with E-state index < -0.39 is 35.1 Å². The molecular formula is C22H27Cl2N2O7PS. The predicted octanol–water partition coefficient (Wildman–Crippen LogP) is 3.07. The van der Waals surface area contributed by atoms with Gasteiger partial charge in [-0.2, -0.15) is 0 Å². The zero-order chi connectivity index (χ0) is 26.4. The third-order valence-electron chi connectivity index (χ3n) is 5.17. The first-order valence-electron chi connectivity index (χ1n) is 10.5. The summed E-state index contributed by atoms with van der Waals surface area (Å²) in [4.78, 5) is 24.3. The number of rotatable bonds is 12. The van der Waals surface area contributed by atoms with Crippen molar-refractivity contribution in [2.75, 3.05) is 25.6 Å². The Morgan fingerprint density at radius 2 is 1.77 bits per heavy atom. The van der Waals surface area contributed by atoms with Gasteiger partial charge in [-0.25, -0.2) is 17.9 Å². The third kappa shape index (κ3) is 9.13. The van der Waals surface area contributed by atoms with Crippen LogP contribution >= 0.6 is 30.3 Å². The standard InChI is InChI=1S/C22H27Cl2N2O7PS/c1-34(31,16-6-3-5-15(27)13-16)10-8-14-11-17(23)20(18(24)12-14)21(28)26-19(22(29)30)7-4-9-25-35(2,32)33/h3,5-6,11-13,19,25,27H,4,7-10H2,1-2H3,(H,26,28)(H,29,30)/t19-,34?/m0/s1. The molecule has 0 aliphatic heterocycles. The van der Waals surface area contributed by atoms with Crippen molar-refractivity contribution in [3.05, 3.63) is 57.6 Å². The Morgan fingerprint density at radius 1 is 1.14 bits per heavy atom. The molecule has 0 heterocycles. The van der Waals surface area contributed by atoms with Crippen LogP contribution in [0.3, 0.4) is 0 Å². The molecule has 0 saturated heterocycles. The first-order chi connectivity index (χ1) is 16.2. The Labute approximate surface area is 214 Å². The topological polar surface area (TPSA) is 150 Å². The highest BCUT2D eigenvalue weighted by atomic mass is 35.5. The first-order valence-corrected chi connectivity index (χ1v) is 15.5. The zero-order valence-electron chi connectivity index (χ0n) is 19.1. The number of halogens is 2. The van der Waals surface area contributed by atoms with Crippen LogP contribution in [0.1, 0.15) is 28.8 Å². The van der Waals surface area contributed by atoms with Gasteiger partial charge in [0.1, 0.15) is 18.9 Å². The molecular weight excluding hydrogens is 538 g/mol. The number of hydrogen-bond acceptors (Lipinski definition) is 6. The lowest BCUT2D eigenvalue weighted by atomic mass is 10.1. The smallest absolute Gasteiger partial charge is 0.326 e. The highest BCUT2D eigenvalue weighted by molar-refractivity contribution is 7.88. The van der Waals surface area contributed by atoms with E-state index in [1.165, 1.54) is 24.3 Å². The molecule has 13 heteroatoms. The predicted molar refractivity (Wildman–Crippen MR) is 137 cm³/mol. The fraction of sp³-hybridized carbons (Fsp3) is 0.364. The second-order valence-corrected chi connectivity index (χ2v) is 14.0. The largest absolute Gasteiger partial charge is 0.508 e. The summed E-state index contributed by atoms with van der Waals surface area (Å²) in [6.07, 6.45) is 1.77. The van der Waals surface area contributed by atoms with Crippen LogP contribution < -0.4 is 15.3 Å². The second-order valence-electron chi connectivity index (χ2n) is 8.20. The van der Waals surface area contributed by atoms with Crippen LogP contribution in [-0.4, -0.2) is 62.2 Å². The van der Waals surface area contributed by atoms with E-state index in [9.17, 15) is 32.8 Å². The van der Waals surface area contributed by atoms with Gasteiger partial charge in [-0.15, -0.1) is 0 Å². The molecule has 2 aromatic rings. The van der Waals surface area contributed by atoms with Crippen molar-refractivity contribution in [2.24, 2.45) is 0 Å². The monoisotopic (exact) mass is 564 g/mol. The van der Waals surface area contributed by atoms with Crippen molar-refractivity contribution in [1.82, 2.24) is 10.0 Å². The van der Waals surface area contributed by atoms with E-state index in [-0.39, 0.29) is 46.9 Å². The molecule has 9 nitrogen and oxygen atoms in total. The van der Waals surface area contributed by atoms with Crippen molar-refractivity contribution in [1.29, 1.82) is 0 Å². The maximum Gasteiger partial charge on any atom is 0.326 e. The Kier molecular flexibility index (Phi) is 10.2. The number of hydrogen-bond donors (Lipinski definition) is 4. The number of aryl methyl sites for hydroxylation is 1. The molecule has 0 radical (unpaired) electrons. The van der Waals surface area contributed by atoms with Crippen molar-refractivity contribution in [3.63, 3.8) is 0 Å². The summed E-state index contributed by atoms with van der Waals surface area (Å²) in [6.45, 7) is 1.64. The lowest BCUT2D eigenvalue weighted by Crippen LogP contribution is -2.41. The van der Waals surface area contributed by atoms with Crippen molar-refractivity contribution < 1.29 is 32.8 Å². The molecule has 1 unspecified atom stereocenters. The first kappa shape index (κ1) is 29.1. The van der Waals surface area contributed by atoms with Gasteiger partial charge in [0.05, 0.1) is 21.9 Å². The highest BCUT2D eigenvalue weighted by Crippen LogP contribution is 2.41. The van der Waals surface area contributed by atoms with Gasteiger partial charge in [-0.05, 0) is 55.8 Å².